The van der Waals surface area contributed by atoms with Gasteiger partial charge < -0.3 is 14.2 Å². The highest BCUT2D eigenvalue weighted by atomic mass is 16.6. The van der Waals surface area contributed by atoms with Crippen molar-refractivity contribution in [3.05, 3.63) is 36.4 Å². The van der Waals surface area contributed by atoms with Crippen LogP contribution in [-0.4, -0.2) is 39.7 Å². The van der Waals surface area contributed by atoms with Crippen LogP contribution in [0.3, 0.4) is 0 Å². The molecule has 0 radical (unpaired) electrons. The van der Waals surface area contributed by atoms with E-state index in [1.54, 1.807) is 18.0 Å². The predicted octanol–water partition coefficient (Wildman–Crippen LogP) is 2.36. The van der Waals surface area contributed by atoms with Gasteiger partial charge in [0.25, 0.3) is 0 Å². The highest BCUT2D eigenvalue weighted by Crippen LogP contribution is 2.41. The number of hydrogen-bond acceptors (Lipinski definition) is 5. The van der Waals surface area contributed by atoms with Gasteiger partial charge in [-0.1, -0.05) is 0 Å². The van der Waals surface area contributed by atoms with Crippen LogP contribution in [0.15, 0.2) is 30.7 Å². The van der Waals surface area contributed by atoms with Crippen molar-refractivity contribution < 1.29 is 14.2 Å². The number of nitrogens with zero attached hydrogens (tertiary/aromatic N) is 4. The van der Waals surface area contributed by atoms with Crippen LogP contribution < -0.4 is 14.2 Å². The van der Waals surface area contributed by atoms with E-state index in [1.165, 1.54) is 0 Å². The molecule has 0 bridgehead atoms. The van der Waals surface area contributed by atoms with Gasteiger partial charge in [-0.2, -0.15) is 5.10 Å². The van der Waals surface area contributed by atoms with E-state index in [2.05, 4.69) is 10.1 Å². The zero-order chi connectivity index (χ0) is 16.7. The van der Waals surface area contributed by atoms with Gasteiger partial charge in [-0.05, 0) is 13.0 Å². The summed E-state index contributed by atoms with van der Waals surface area (Å²) in [5.41, 5.74) is 2.74. The lowest BCUT2D eigenvalue weighted by Gasteiger charge is -2.20. The third-order valence-corrected chi connectivity index (χ3v) is 3.99. The fraction of sp³-hybridized carbons (Fsp3) is 0.294. The van der Waals surface area contributed by atoms with E-state index in [9.17, 15) is 0 Å². The summed E-state index contributed by atoms with van der Waals surface area (Å²) in [6.07, 6.45) is 5.64. The van der Waals surface area contributed by atoms with Gasteiger partial charge in [0.15, 0.2) is 11.5 Å². The Labute approximate surface area is 139 Å². The number of aromatic nitrogens is 4. The topological polar surface area (TPSA) is 63.3 Å². The molecule has 0 saturated heterocycles. The maximum atomic E-state index is 5.70. The maximum absolute atomic E-state index is 5.70. The minimum absolute atomic E-state index is 0.537. The first kappa shape index (κ1) is 14.6. The normalized spacial score (nSPS) is 13.1. The van der Waals surface area contributed by atoms with Crippen LogP contribution in [0.5, 0.6) is 17.2 Å². The predicted molar refractivity (Wildman–Crippen MR) is 88.0 cm³/mol. The summed E-state index contributed by atoms with van der Waals surface area (Å²) in [6.45, 7) is 3.05. The molecule has 0 spiro atoms. The van der Waals surface area contributed by atoms with Gasteiger partial charge in [0, 0.05) is 31.7 Å². The van der Waals surface area contributed by atoms with Crippen molar-refractivity contribution in [1.82, 2.24) is 19.3 Å². The van der Waals surface area contributed by atoms with Crippen LogP contribution in [0.2, 0.25) is 0 Å². The minimum Gasteiger partial charge on any atom is -0.496 e. The summed E-state index contributed by atoms with van der Waals surface area (Å²) >= 11 is 0. The van der Waals surface area contributed by atoms with E-state index >= 15 is 0 Å². The Morgan fingerprint density at radius 2 is 1.92 bits per heavy atom. The van der Waals surface area contributed by atoms with E-state index < -0.39 is 0 Å². The number of aryl methyl sites for hydroxylation is 2. The Balaban J connectivity index is 1.88. The lowest BCUT2D eigenvalue weighted by atomic mass is 10.1. The first-order chi connectivity index (χ1) is 11.7. The smallest absolute Gasteiger partial charge is 0.165 e. The molecular formula is C17H18N4O3. The molecule has 0 atom stereocenters. The molecule has 1 aliphatic heterocycles. The highest BCUT2D eigenvalue weighted by Gasteiger charge is 2.21. The average Bonchev–Trinajstić information content (AvgIpc) is 3.19. The number of benzene rings is 1. The molecule has 1 aromatic carbocycles. The van der Waals surface area contributed by atoms with Crippen LogP contribution in [0.25, 0.3) is 17.1 Å². The van der Waals surface area contributed by atoms with Crippen LogP contribution in [0.4, 0.5) is 0 Å². The van der Waals surface area contributed by atoms with Gasteiger partial charge in [-0.25, -0.2) is 4.98 Å². The van der Waals surface area contributed by atoms with Crippen molar-refractivity contribution in [2.45, 2.75) is 6.92 Å². The first-order valence-corrected chi connectivity index (χ1v) is 7.69. The van der Waals surface area contributed by atoms with Crippen molar-refractivity contribution in [3.8, 4) is 34.3 Å². The molecule has 7 heteroatoms. The van der Waals surface area contributed by atoms with Crippen molar-refractivity contribution in [1.29, 1.82) is 0 Å². The SMILES string of the molecule is COc1cc2c(cc1-c1nccn1-c1cn(C)nc1C)OCCO2. The monoisotopic (exact) mass is 326 g/mol. The van der Waals surface area contributed by atoms with Crippen LogP contribution in [0.1, 0.15) is 5.69 Å². The molecule has 124 valence electrons. The molecule has 7 nitrogen and oxygen atoms in total. The van der Waals surface area contributed by atoms with E-state index in [1.807, 2.05) is 43.1 Å². The van der Waals surface area contributed by atoms with E-state index in [-0.39, 0.29) is 0 Å². The largest absolute Gasteiger partial charge is 0.496 e. The Bertz CT molecular complexity index is 897. The summed E-state index contributed by atoms with van der Waals surface area (Å²) < 4.78 is 20.7. The fourth-order valence-corrected chi connectivity index (χ4v) is 2.93. The molecule has 0 N–H and O–H groups in total. The molecular weight excluding hydrogens is 308 g/mol. The Morgan fingerprint density at radius 1 is 1.17 bits per heavy atom. The van der Waals surface area contributed by atoms with Gasteiger partial charge in [0.05, 0.1) is 24.1 Å². The molecule has 0 fully saturated rings. The summed E-state index contributed by atoms with van der Waals surface area (Å²) in [7, 11) is 3.54. The van der Waals surface area contributed by atoms with Crippen LogP contribution in [0, 0.1) is 6.92 Å². The standard InChI is InChI=1S/C17H18N4O3/c1-11-13(10-20(2)19-11)21-5-4-18-17(21)12-8-15-16(9-14(12)22-3)24-7-6-23-15/h4-5,8-10H,6-7H2,1-3H3. The number of fused-ring (bicyclic) bond motifs is 1. The minimum atomic E-state index is 0.537. The number of ether oxygens (including phenoxy) is 3. The van der Waals surface area contributed by atoms with Crippen molar-refractivity contribution in [3.63, 3.8) is 0 Å². The zero-order valence-electron chi connectivity index (χ0n) is 13.8. The van der Waals surface area contributed by atoms with Crippen molar-refractivity contribution in [2.75, 3.05) is 20.3 Å². The number of rotatable bonds is 3. The number of hydrogen-bond donors (Lipinski definition) is 0. The van der Waals surface area contributed by atoms with E-state index in [0.717, 1.165) is 22.8 Å². The van der Waals surface area contributed by atoms with Crippen LogP contribution >= 0.6 is 0 Å². The molecule has 24 heavy (non-hydrogen) atoms. The molecule has 0 amide bonds. The molecule has 4 rings (SSSR count). The van der Waals surface area contributed by atoms with Gasteiger partial charge in [0.1, 0.15) is 24.8 Å². The van der Waals surface area contributed by atoms with Crippen LogP contribution in [-0.2, 0) is 7.05 Å². The lowest BCUT2D eigenvalue weighted by Crippen LogP contribution is -2.15. The third kappa shape index (κ3) is 2.29. The third-order valence-electron chi connectivity index (χ3n) is 3.99. The Kier molecular flexibility index (Phi) is 3.41. The van der Waals surface area contributed by atoms with E-state index in [0.29, 0.717) is 30.5 Å². The fourth-order valence-electron chi connectivity index (χ4n) is 2.93. The Morgan fingerprint density at radius 3 is 2.58 bits per heavy atom. The van der Waals surface area contributed by atoms with Crippen molar-refractivity contribution in [2.24, 2.45) is 7.05 Å². The summed E-state index contributed by atoms with van der Waals surface area (Å²) in [5, 5.41) is 4.41. The number of imidazole rings is 1. The summed E-state index contributed by atoms with van der Waals surface area (Å²) in [5.74, 6) is 2.85. The first-order valence-electron chi connectivity index (χ1n) is 7.69. The van der Waals surface area contributed by atoms with Crippen molar-refractivity contribution >= 4 is 0 Å². The van der Waals surface area contributed by atoms with Gasteiger partial charge in [-0.3, -0.25) is 9.25 Å². The molecule has 0 unspecified atom stereocenters. The summed E-state index contributed by atoms with van der Waals surface area (Å²) in [6, 6.07) is 3.76. The van der Waals surface area contributed by atoms with Gasteiger partial charge in [-0.15, -0.1) is 0 Å². The quantitative estimate of drug-likeness (QED) is 0.739. The molecule has 2 aromatic heterocycles. The second-order valence-corrected chi connectivity index (χ2v) is 5.59. The lowest BCUT2D eigenvalue weighted by molar-refractivity contribution is 0.171. The van der Waals surface area contributed by atoms with Gasteiger partial charge >= 0.3 is 0 Å². The Hall–Kier alpha value is -2.96. The van der Waals surface area contributed by atoms with Gasteiger partial charge in [0.2, 0.25) is 0 Å². The second kappa shape index (κ2) is 5.59. The molecule has 1 aliphatic rings. The van der Waals surface area contributed by atoms with E-state index in [4.69, 9.17) is 14.2 Å². The zero-order valence-corrected chi connectivity index (χ0v) is 13.8. The molecule has 0 aliphatic carbocycles. The molecule has 3 aromatic rings. The molecule has 0 saturated carbocycles. The highest BCUT2D eigenvalue weighted by molar-refractivity contribution is 5.71. The maximum Gasteiger partial charge on any atom is 0.165 e. The molecule has 3 heterocycles. The number of methoxy groups -OCH3 is 1. The average molecular weight is 326 g/mol. The summed E-state index contributed by atoms with van der Waals surface area (Å²) in [4.78, 5) is 4.52. The second-order valence-electron chi connectivity index (χ2n) is 5.59.